The molecule has 186 valence electrons. The molecule has 1 heterocycles. The molecule has 0 aliphatic carbocycles. The first-order chi connectivity index (χ1) is 17.1. The van der Waals surface area contributed by atoms with Gasteiger partial charge >= 0.3 is 25.7 Å². The van der Waals surface area contributed by atoms with E-state index in [4.69, 9.17) is 18.7 Å². The molecule has 0 amide bonds. The summed E-state index contributed by atoms with van der Waals surface area (Å²) < 4.78 is 32.4. The summed E-state index contributed by atoms with van der Waals surface area (Å²) >= 11 is 0. The molecular formula is C25H22NO9P. The number of rotatable bonds is 6. The van der Waals surface area contributed by atoms with Crippen molar-refractivity contribution < 1.29 is 42.7 Å². The lowest BCUT2D eigenvalue weighted by Crippen LogP contribution is -2.19. The molecular weight excluding hydrogens is 489 g/mol. The van der Waals surface area contributed by atoms with Gasteiger partial charge in [0.25, 0.3) is 0 Å². The number of carbonyl (C=O) groups excluding carboxylic acids is 2. The topological polar surface area (TPSA) is 132 Å². The van der Waals surface area contributed by atoms with Gasteiger partial charge in [-0.2, -0.15) is 0 Å². The third-order valence-electron chi connectivity index (χ3n) is 5.43. The molecule has 0 saturated heterocycles. The zero-order valence-electron chi connectivity index (χ0n) is 19.5. The van der Waals surface area contributed by atoms with Gasteiger partial charge < -0.3 is 23.6 Å². The van der Waals surface area contributed by atoms with E-state index in [1.54, 1.807) is 24.3 Å². The fraction of sp³-hybridized carbons (Fsp3) is 0.120. The zero-order valence-corrected chi connectivity index (χ0v) is 20.4. The summed E-state index contributed by atoms with van der Waals surface area (Å²) in [6, 6.07) is 18.2. The Morgan fingerprint density at radius 1 is 0.806 bits per heavy atom. The minimum atomic E-state index is -5.12. The molecule has 1 aliphatic rings. The quantitative estimate of drug-likeness (QED) is 0.281. The second-order valence-corrected chi connectivity index (χ2v) is 8.83. The number of hydrogen-bond acceptors (Lipinski definition) is 8. The molecule has 11 heteroatoms. The molecule has 4 rings (SSSR count). The van der Waals surface area contributed by atoms with Crippen LogP contribution in [0.1, 0.15) is 31.8 Å². The summed E-state index contributed by atoms with van der Waals surface area (Å²) in [5.74, 6) is -2.14. The lowest BCUT2D eigenvalue weighted by molar-refractivity contribution is 0.0597. The molecule has 0 fully saturated rings. The first-order valence-corrected chi connectivity index (χ1v) is 12.1. The van der Waals surface area contributed by atoms with Crippen molar-refractivity contribution in [3.8, 4) is 5.75 Å². The van der Waals surface area contributed by atoms with E-state index in [0.29, 0.717) is 11.1 Å². The third kappa shape index (κ3) is 4.96. The van der Waals surface area contributed by atoms with E-state index in [2.05, 4.69) is 0 Å². The van der Waals surface area contributed by atoms with Gasteiger partial charge in [-0.25, -0.2) is 14.2 Å². The second kappa shape index (κ2) is 9.87. The summed E-state index contributed by atoms with van der Waals surface area (Å²) in [5.41, 5.74) is 2.82. The summed E-state index contributed by atoms with van der Waals surface area (Å²) in [6.07, 6.45) is 0. The third-order valence-corrected chi connectivity index (χ3v) is 5.84. The number of fused-ring (bicyclic) bond motifs is 2. The van der Waals surface area contributed by atoms with Crippen molar-refractivity contribution in [3.05, 3.63) is 94.9 Å². The Morgan fingerprint density at radius 3 is 1.72 bits per heavy atom. The highest BCUT2D eigenvalue weighted by molar-refractivity contribution is 7.46. The number of nitrogens with zero attached hydrogens (tertiary/aromatic N) is 1. The van der Waals surface area contributed by atoms with Crippen LogP contribution in [0.25, 0.3) is 5.57 Å². The number of ether oxygens (including phenoxy) is 3. The Bertz CT molecular complexity index is 1340. The Hall–Kier alpha value is -4.11. The molecule has 3 aromatic carbocycles. The van der Waals surface area contributed by atoms with Gasteiger partial charge in [0.1, 0.15) is 5.75 Å². The van der Waals surface area contributed by atoms with E-state index in [-0.39, 0.29) is 22.4 Å². The largest absolute Gasteiger partial charge is 0.527 e. The lowest BCUT2D eigenvalue weighted by atomic mass is 9.91. The average Bonchev–Trinajstić information content (AvgIpc) is 2.86. The molecule has 3 aromatic rings. The smallest absolute Gasteiger partial charge is 0.465 e. The van der Waals surface area contributed by atoms with Crippen LogP contribution in [0.4, 0.5) is 11.4 Å². The maximum Gasteiger partial charge on any atom is 0.527 e. The molecule has 0 spiro atoms. The van der Waals surface area contributed by atoms with E-state index in [0.717, 1.165) is 11.4 Å². The van der Waals surface area contributed by atoms with Crippen LogP contribution < -0.4 is 9.64 Å². The first kappa shape index (κ1) is 25.0. The van der Waals surface area contributed by atoms with Crippen molar-refractivity contribution >= 4 is 36.7 Å². The number of para-hydroxylation sites is 2. The fourth-order valence-corrected chi connectivity index (χ4v) is 4.25. The highest BCUT2D eigenvalue weighted by Crippen LogP contribution is 2.49. The Labute approximate surface area is 206 Å². The van der Waals surface area contributed by atoms with Gasteiger partial charge in [-0.15, -0.1) is 0 Å². The number of phosphoric ester groups is 1. The van der Waals surface area contributed by atoms with Crippen LogP contribution in [0, 0.1) is 0 Å². The van der Waals surface area contributed by atoms with Crippen LogP contribution in [-0.4, -0.2) is 43.0 Å². The molecule has 0 aromatic heterocycles. The minimum Gasteiger partial charge on any atom is -0.465 e. The van der Waals surface area contributed by atoms with Gasteiger partial charge in [-0.1, -0.05) is 36.4 Å². The predicted octanol–water partition coefficient (Wildman–Crippen LogP) is 4.25. The number of esters is 2. The first-order valence-electron chi connectivity index (χ1n) is 10.5. The van der Waals surface area contributed by atoms with Crippen LogP contribution in [0.5, 0.6) is 5.75 Å². The summed E-state index contributed by atoms with van der Waals surface area (Å²) in [6.45, 7) is 0. The van der Waals surface area contributed by atoms with Crippen molar-refractivity contribution in [2.45, 2.75) is 0 Å². The van der Waals surface area contributed by atoms with Crippen LogP contribution in [0.15, 0.2) is 72.7 Å². The van der Waals surface area contributed by atoms with Gasteiger partial charge in [-0.05, 0) is 30.3 Å². The van der Waals surface area contributed by atoms with Gasteiger partial charge in [0, 0.05) is 29.5 Å². The van der Waals surface area contributed by atoms with Crippen LogP contribution in [0.2, 0.25) is 0 Å². The average molecular weight is 511 g/mol. The molecule has 0 radical (unpaired) electrons. The Balaban J connectivity index is 1.98. The zero-order chi connectivity index (χ0) is 26.0. The Morgan fingerprint density at radius 2 is 1.28 bits per heavy atom. The highest BCUT2D eigenvalue weighted by atomic mass is 31.2. The Kier molecular flexibility index (Phi) is 6.85. The van der Waals surface area contributed by atoms with E-state index >= 15 is 0 Å². The molecule has 1 aliphatic heterocycles. The molecule has 0 saturated carbocycles. The molecule has 0 atom stereocenters. The number of hydrogen-bond donors (Lipinski definition) is 2. The van der Waals surface area contributed by atoms with Crippen LogP contribution >= 0.6 is 7.82 Å². The van der Waals surface area contributed by atoms with Crippen molar-refractivity contribution in [3.63, 3.8) is 0 Å². The number of phosphoric acid groups is 1. The molecule has 0 unspecified atom stereocenters. The summed E-state index contributed by atoms with van der Waals surface area (Å²) in [4.78, 5) is 45.8. The van der Waals surface area contributed by atoms with Crippen molar-refractivity contribution in [1.29, 1.82) is 0 Å². The van der Waals surface area contributed by atoms with E-state index in [1.807, 2.05) is 36.2 Å². The lowest BCUT2D eigenvalue weighted by Gasteiger charge is -2.32. The van der Waals surface area contributed by atoms with Crippen LogP contribution in [0.3, 0.4) is 0 Å². The number of anilines is 2. The standard InChI is InChI=1S/C25H22NO9P/c1-26-20-10-6-4-8-18(20)22(19-9-5-7-11-21(19)26)25(35-36(29,30)31)34-17-13-15(23(27)32-2)12-16(14-17)24(28)33-3/h4-14H,1-3H3,(H2,29,30,31). The second-order valence-electron chi connectivity index (χ2n) is 7.67. The minimum absolute atomic E-state index is 0.0416. The normalized spacial score (nSPS) is 12.2. The number of carbonyl (C=O) groups is 2. The summed E-state index contributed by atoms with van der Waals surface area (Å²) in [5, 5.41) is 0. The number of methoxy groups -OCH3 is 2. The maximum atomic E-state index is 12.2. The van der Waals surface area contributed by atoms with Gasteiger partial charge in [-0.3, -0.25) is 9.79 Å². The van der Waals surface area contributed by atoms with E-state index in [1.165, 1.54) is 32.4 Å². The predicted molar refractivity (Wildman–Crippen MR) is 130 cm³/mol. The molecule has 2 N–H and O–H groups in total. The molecule has 0 bridgehead atoms. The van der Waals surface area contributed by atoms with Crippen molar-refractivity contribution in [2.75, 3.05) is 26.2 Å². The van der Waals surface area contributed by atoms with Crippen molar-refractivity contribution in [1.82, 2.24) is 0 Å². The summed E-state index contributed by atoms with van der Waals surface area (Å²) in [7, 11) is -0.913. The number of benzene rings is 3. The highest BCUT2D eigenvalue weighted by Gasteiger charge is 2.32. The van der Waals surface area contributed by atoms with Gasteiger partial charge in [0.2, 0.25) is 0 Å². The van der Waals surface area contributed by atoms with Gasteiger partial charge in [0.05, 0.1) is 30.9 Å². The van der Waals surface area contributed by atoms with E-state index in [9.17, 15) is 23.9 Å². The van der Waals surface area contributed by atoms with Crippen LogP contribution in [-0.2, 0) is 18.6 Å². The van der Waals surface area contributed by atoms with Gasteiger partial charge in [0.15, 0.2) is 0 Å². The maximum absolute atomic E-state index is 12.2. The monoisotopic (exact) mass is 511 g/mol. The van der Waals surface area contributed by atoms with Crippen molar-refractivity contribution in [2.24, 2.45) is 0 Å². The molecule has 36 heavy (non-hydrogen) atoms. The SMILES string of the molecule is COC(=O)c1cc(OC(OP(=O)(O)O)=C2c3ccccc3N(C)c3ccccc32)cc(C(=O)OC)c1. The molecule has 10 nitrogen and oxygen atoms in total. The van der Waals surface area contributed by atoms with E-state index < -0.39 is 25.7 Å². The fourth-order valence-electron chi connectivity index (χ4n) is 3.91.